The molecule has 0 atom stereocenters. The van der Waals surface area contributed by atoms with Gasteiger partial charge in [0, 0.05) is 31.1 Å². The van der Waals surface area contributed by atoms with Crippen LogP contribution in [0, 0.1) is 0 Å². The third-order valence-electron chi connectivity index (χ3n) is 4.17. The molecular weight excluding hydrogens is 458 g/mol. The Morgan fingerprint density at radius 2 is 1.57 bits per heavy atom. The largest absolute Gasteiger partial charge is 0.248 e. The summed E-state index contributed by atoms with van der Waals surface area (Å²) in [6.45, 7) is 2.26. The first kappa shape index (κ1) is 17.8. The fourth-order valence-electron chi connectivity index (χ4n) is 2.82. The van der Waals surface area contributed by atoms with Gasteiger partial charge in [-0.25, -0.2) is 4.98 Å². The van der Waals surface area contributed by atoms with Crippen LogP contribution in [0.15, 0.2) is 60.7 Å². The Bertz CT molecular complexity index is 734. The molecule has 3 aromatic rings. The molecule has 0 unspecified atom stereocenters. The number of benzene rings is 2. The SMILES string of the molecule is CCCCCCc1ccc(-c2ccc3ccccc3n2)cc1.[Ir]. The van der Waals surface area contributed by atoms with Crippen molar-refractivity contribution in [2.24, 2.45) is 0 Å². The van der Waals surface area contributed by atoms with Crippen molar-refractivity contribution in [3.8, 4) is 11.3 Å². The van der Waals surface area contributed by atoms with E-state index in [2.05, 4.69) is 61.5 Å². The summed E-state index contributed by atoms with van der Waals surface area (Å²) in [5.74, 6) is 0. The molecule has 23 heavy (non-hydrogen) atoms. The summed E-state index contributed by atoms with van der Waals surface area (Å²) in [5.41, 5.74) is 4.74. The predicted octanol–water partition coefficient (Wildman–Crippen LogP) is 6.02. The van der Waals surface area contributed by atoms with Gasteiger partial charge in [0.15, 0.2) is 0 Å². The van der Waals surface area contributed by atoms with Crippen LogP contribution < -0.4 is 0 Å². The summed E-state index contributed by atoms with van der Waals surface area (Å²) in [7, 11) is 0. The van der Waals surface area contributed by atoms with Crippen molar-refractivity contribution < 1.29 is 20.1 Å². The van der Waals surface area contributed by atoms with Crippen LogP contribution in [0.3, 0.4) is 0 Å². The van der Waals surface area contributed by atoms with Crippen molar-refractivity contribution in [3.63, 3.8) is 0 Å². The molecule has 1 radical (unpaired) electrons. The minimum absolute atomic E-state index is 0. The minimum atomic E-state index is 0. The van der Waals surface area contributed by atoms with Gasteiger partial charge in [-0.05, 0) is 30.5 Å². The normalized spacial score (nSPS) is 10.5. The summed E-state index contributed by atoms with van der Waals surface area (Å²) in [6.07, 6.45) is 6.46. The Morgan fingerprint density at radius 3 is 2.35 bits per heavy atom. The predicted molar refractivity (Wildman–Crippen MR) is 95.0 cm³/mol. The maximum atomic E-state index is 4.76. The molecule has 2 aromatic carbocycles. The third kappa shape index (κ3) is 4.73. The van der Waals surface area contributed by atoms with E-state index in [1.165, 1.54) is 48.6 Å². The third-order valence-corrected chi connectivity index (χ3v) is 4.17. The van der Waals surface area contributed by atoms with Crippen molar-refractivity contribution in [2.45, 2.75) is 39.0 Å². The molecule has 0 bridgehead atoms. The number of unbranched alkanes of at least 4 members (excludes halogenated alkanes) is 3. The molecule has 0 fully saturated rings. The maximum absolute atomic E-state index is 4.76. The number of rotatable bonds is 6. The molecule has 0 amide bonds. The van der Waals surface area contributed by atoms with E-state index < -0.39 is 0 Å². The average Bonchev–Trinajstić information content (AvgIpc) is 2.59. The van der Waals surface area contributed by atoms with Crippen LogP contribution in [0.4, 0.5) is 0 Å². The number of hydrogen-bond acceptors (Lipinski definition) is 1. The molecule has 0 saturated heterocycles. The van der Waals surface area contributed by atoms with Crippen LogP contribution in [-0.4, -0.2) is 4.98 Å². The monoisotopic (exact) mass is 482 g/mol. The number of para-hydroxylation sites is 1. The van der Waals surface area contributed by atoms with Crippen LogP contribution in [-0.2, 0) is 26.5 Å². The van der Waals surface area contributed by atoms with Gasteiger partial charge < -0.3 is 0 Å². The number of pyridine rings is 1. The fraction of sp³-hybridized carbons (Fsp3) is 0.286. The molecule has 1 heterocycles. The molecule has 2 heteroatoms. The van der Waals surface area contributed by atoms with Gasteiger partial charge in [0.1, 0.15) is 0 Å². The summed E-state index contributed by atoms with van der Waals surface area (Å²) < 4.78 is 0. The molecule has 1 nitrogen and oxygen atoms in total. The Morgan fingerprint density at radius 1 is 0.783 bits per heavy atom. The summed E-state index contributed by atoms with van der Waals surface area (Å²) in [4.78, 5) is 4.76. The zero-order valence-corrected chi connectivity index (χ0v) is 16.0. The van der Waals surface area contributed by atoms with E-state index in [1.54, 1.807) is 0 Å². The first-order valence-corrected chi connectivity index (χ1v) is 8.32. The van der Waals surface area contributed by atoms with E-state index in [-0.39, 0.29) is 20.1 Å². The van der Waals surface area contributed by atoms with E-state index in [9.17, 15) is 0 Å². The van der Waals surface area contributed by atoms with Gasteiger partial charge in [-0.3, -0.25) is 0 Å². The van der Waals surface area contributed by atoms with Gasteiger partial charge in [-0.15, -0.1) is 0 Å². The van der Waals surface area contributed by atoms with Crippen LogP contribution in [0.2, 0.25) is 0 Å². The molecule has 3 rings (SSSR count). The second-order valence-electron chi connectivity index (χ2n) is 5.90. The topological polar surface area (TPSA) is 12.9 Å². The molecule has 0 aliphatic carbocycles. The van der Waals surface area contributed by atoms with Crippen molar-refractivity contribution >= 4 is 10.9 Å². The van der Waals surface area contributed by atoms with Crippen LogP contribution in [0.1, 0.15) is 38.2 Å². The Kier molecular flexibility index (Phi) is 6.95. The molecule has 0 saturated carbocycles. The second kappa shape index (κ2) is 8.96. The van der Waals surface area contributed by atoms with Crippen molar-refractivity contribution in [3.05, 3.63) is 66.2 Å². The number of fused-ring (bicyclic) bond motifs is 1. The zero-order valence-electron chi connectivity index (χ0n) is 13.6. The van der Waals surface area contributed by atoms with Gasteiger partial charge in [-0.1, -0.05) is 74.7 Å². The van der Waals surface area contributed by atoms with Gasteiger partial charge in [0.05, 0.1) is 11.2 Å². The van der Waals surface area contributed by atoms with E-state index in [1.807, 2.05) is 6.07 Å². The van der Waals surface area contributed by atoms with Crippen molar-refractivity contribution in [1.82, 2.24) is 4.98 Å². The molecule has 0 N–H and O–H groups in total. The molecule has 0 aliphatic rings. The molecule has 121 valence electrons. The Hall–Kier alpha value is -1.50. The van der Waals surface area contributed by atoms with Gasteiger partial charge in [0.2, 0.25) is 0 Å². The number of nitrogens with zero attached hydrogens (tertiary/aromatic N) is 1. The molecular formula is C21H23IrN. The summed E-state index contributed by atoms with van der Waals surface area (Å²) >= 11 is 0. The minimum Gasteiger partial charge on any atom is -0.248 e. The first-order chi connectivity index (χ1) is 10.9. The summed E-state index contributed by atoms with van der Waals surface area (Å²) in [5, 5.41) is 1.19. The molecule has 1 aromatic heterocycles. The Balaban J connectivity index is 0.00000192. The van der Waals surface area contributed by atoms with Gasteiger partial charge >= 0.3 is 0 Å². The first-order valence-electron chi connectivity index (χ1n) is 8.32. The van der Waals surface area contributed by atoms with Crippen LogP contribution in [0.5, 0.6) is 0 Å². The summed E-state index contributed by atoms with van der Waals surface area (Å²) in [6, 6.07) is 21.4. The van der Waals surface area contributed by atoms with E-state index in [4.69, 9.17) is 4.98 Å². The maximum Gasteiger partial charge on any atom is 0.0709 e. The molecule has 0 aliphatic heterocycles. The van der Waals surface area contributed by atoms with Gasteiger partial charge in [-0.2, -0.15) is 0 Å². The fourth-order valence-corrected chi connectivity index (χ4v) is 2.82. The Labute approximate surface area is 152 Å². The van der Waals surface area contributed by atoms with Crippen molar-refractivity contribution in [2.75, 3.05) is 0 Å². The van der Waals surface area contributed by atoms with Crippen LogP contribution >= 0.6 is 0 Å². The number of hydrogen-bond donors (Lipinski definition) is 0. The van der Waals surface area contributed by atoms with E-state index in [0.717, 1.165) is 11.2 Å². The van der Waals surface area contributed by atoms with Gasteiger partial charge in [0.25, 0.3) is 0 Å². The quantitative estimate of drug-likeness (QED) is 0.392. The molecule has 0 spiro atoms. The van der Waals surface area contributed by atoms with E-state index >= 15 is 0 Å². The second-order valence-corrected chi connectivity index (χ2v) is 5.90. The standard InChI is InChI=1S/C21H23N.Ir/c1-2-3-4-5-8-17-11-13-19(14-12-17)21-16-15-18-9-6-7-10-20(18)22-21;/h6-7,9-16H,2-5,8H2,1H3;. The number of aromatic nitrogens is 1. The van der Waals surface area contributed by atoms with E-state index in [0.29, 0.717) is 0 Å². The zero-order chi connectivity index (χ0) is 15.2. The smallest absolute Gasteiger partial charge is 0.0709 e. The average molecular weight is 482 g/mol. The van der Waals surface area contributed by atoms with Crippen LogP contribution in [0.25, 0.3) is 22.2 Å². The van der Waals surface area contributed by atoms with Crippen molar-refractivity contribution in [1.29, 1.82) is 0 Å². The number of aryl methyl sites for hydroxylation is 1.